The number of carbonyl (C=O) groups excluding carboxylic acids is 1. The molecular formula is C18H13Cl2NOS2. The summed E-state index contributed by atoms with van der Waals surface area (Å²) in [6, 6.07) is 13.0. The van der Waals surface area contributed by atoms with Crippen molar-refractivity contribution >= 4 is 69.2 Å². The van der Waals surface area contributed by atoms with Crippen molar-refractivity contribution in [2.75, 3.05) is 4.90 Å². The summed E-state index contributed by atoms with van der Waals surface area (Å²) < 4.78 is 0.514. The number of thiocarbonyl (C=S) groups is 1. The fraction of sp³-hybridized carbons (Fsp3) is 0.111. The number of aryl methyl sites for hydroxylation is 1. The van der Waals surface area contributed by atoms with Crippen LogP contribution >= 0.6 is 47.2 Å². The predicted molar refractivity (Wildman–Crippen MR) is 108 cm³/mol. The standard InChI is InChI=1S/C18H13Cl2NOS2/c1-2-11-3-7-14(8-4-11)21-17(22)16(24-18(21)23)9-12-5-6-13(19)10-15(12)20/h3-10H,2H2,1H3/b16-9-. The number of anilines is 1. The summed E-state index contributed by atoms with van der Waals surface area (Å²) in [7, 11) is 0. The van der Waals surface area contributed by atoms with Gasteiger partial charge in [0.25, 0.3) is 5.91 Å². The van der Waals surface area contributed by atoms with Gasteiger partial charge >= 0.3 is 0 Å². The SMILES string of the molecule is CCc1ccc(N2C(=O)/C(=C/c3ccc(Cl)cc3Cl)SC2=S)cc1. The van der Waals surface area contributed by atoms with Crippen LogP contribution in [0.1, 0.15) is 18.1 Å². The third-order valence-corrected chi connectivity index (χ3v) is 5.51. The number of amides is 1. The maximum atomic E-state index is 12.7. The van der Waals surface area contributed by atoms with E-state index in [2.05, 4.69) is 6.92 Å². The molecule has 2 nitrogen and oxygen atoms in total. The zero-order valence-corrected chi connectivity index (χ0v) is 15.9. The Hall–Kier alpha value is -1.33. The summed E-state index contributed by atoms with van der Waals surface area (Å²) >= 11 is 18.7. The van der Waals surface area contributed by atoms with Crippen molar-refractivity contribution in [2.45, 2.75) is 13.3 Å². The van der Waals surface area contributed by atoms with Crippen molar-refractivity contribution < 1.29 is 4.79 Å². The van der Waals surface area contributed by atoms with Crippen LogP contribution in [0, 0.1) is 0 Å². The third kappa shape index (κ3) is 3.52. The normalized spacial score (nSPS) is 16.3. The largest absolute Gasteiger partial charge is 0.270 e. The molecule has 2 aromatic carbocycles. The number of benzene rings is 2. The van der Waals surface area contributed by atoms with Crippen molar-refractivity contribution in [3.8, 4) is 0 Å². The van der Waals surface area contributed by atoms with Crippen molar-refractivity contribution in [2.24, 2.45) is 0 Å². The molecule has 1 aliphatic heterocycles. The molecule has 1 fully saturated rings. The van der Waals surface area contributed by atoms with E-state index in [-0.39, 0.29) is 5.91 Å². The van der Waals surface area contributed by atoms with E-state index < -0.39 is 0 Å². The average molecular weight is 394 g/mol. The molecule has 6 heteroatoms. The van der Waals surface area contributed by atoms with Crippen LogP contribution in [0.15, 0.2) is 47.4 Å². The Morgan fingerprint density at radius 3 is 2.50 bits per heavy atom. The lowest BCUT2D eigenvalue weighted by molar-refractivity contribution is -0.113. The summed E-state index contributed by atoms with van der Waals surface area (Å²) in [6.45, 7) is 2.09. The first-order chi connectivity index (χ1) is 11.5. The molecule has 2 aromatic rings. The minimum absolute atomic E-state index is 0.139. The molecule has 0 spiro atoms. The number of carbonyl (C=O) groups is 1. The van der Waals surface area contributed by atoms with Crippen LogP contribution in [-0.2, 0) is 11.2 Å². The summed E-state index contributed by atoms with van der Waals surface area (Å²) in [5.41, 5.74) is 2.73. The van der Waals surface area contributed by atoms with E-state index in [4.69, 9.17) is 35.4 Å². The molecule has 0 bridgehead atoms. The minimum Gasteiger partial charge on any atom is -0.268 e. The molecule has 0 atom stereocenters. The maximum Gasteiger partial charge on any atom is 0.270 e. The second-order valence-electron chi connectivity index (χ2n) is 5.20. The van der Waals surface area contributed by atoms with E-state index in [9.17, 15) is 4.79 Å². The first-order valence-corrected chi connectivity index (χ1v) is 9.29. The number of halogens is 2. The molecule has 0 radical (unpaired) electrons. The van der Waals surface area contributed by atoms with Gasteiger partial charge in [-0.05, 0) is 47.9 Å². The monoisotopic (exact) mass is 393 g/mol. The highest BCUT2D eigenvalue weighted by Gasteiger charge is 2.33. The molecule has 0 aromatic heterocycles. The molecule has 1 amide bonds. The summed E-state index contributed by atoms with van der Waals surface area (Å²) in [6.07, 6.45) is 2.70. The minimum atomic E-state index is -0.139. The Kier molecular flexibility index (Phi) is 5.30. The van der Waals surface area contributed by atoms with Gasteiger partial charge in [0.15, 0.2) is 4.32 Å². The second-order valence-corrected chi connectivity index (χ2v) is 7.72. The van der Waals surface area contributed by atoms with E-state index in [1.807, 2.05) is 24.3 Å². The molecular weight excluding hydrogens is 381 g/mol. The highest BCUT2D eigenvalue weighted by atomic mass is 35.5. The number of thioether (sulfide) groups is 1. The summed E-state index contributed by atoms with van der Waals surface area (Å²) in [4.78, 5) is 14.8. The van der Waals surface area contributed by atoms with Crippen molar-refractivity contribution in [3.05, 3.63) is 68.5 Å². The summed E-state index contributed by atoms with van der Waals surface area (Å²) in [5.74, 6) is -0.139. The Morgan fingerprint density at radius 1 is 1.17 bits per heavy atom. The van der Waals surface area contributed by atoms with Crippen molar-refractivity contribution in [1.29, 1.82) is 0 Å². The zero-order valence-electron chi connectivity index (χ0n) is 12.8. The number of hydrogen-bond donors (Lipinski definition) is 0. The third-order valence-electron chi connectivity index (χ3n) is 3.65. The number of nitrogens with zero attached hydrogens (tertiary/aromatic N) is 1. The van der Waals surface area contributed by atoms with Crippen LogP contribution in [0.2, 0.25) is 10.0 Å². The first-order valence-electron chi connectivity index (χ1n) is 7.31. The van der Waals surface area contributed by atoms with E-state index in [0.717, 1.165) is 17.7 Å². The topological polar surface area (TPSA) is 20.3 Å². The molecule has 0 unspecified atom stereocenters. The molecule has 0 N–H and O–H groups in total. The predicted octanol–water partition coefficient (Wildman–Crippen LogP) is 5.96. The van der Waals surface area contributed by atoms with Gasteiger partial charge in [-0.25, -0.2) is 0 Å². The van der Waals surface area contributed by atoms with Crippen molar-refractivity contribution in [1.82, 2.24) is 0 Å². The highest BCUT2D eigenvalue weighted by molar-refractivity contribution is 8.27. The molecule has 3 rings (SSSR count). The smallest absolute Gasteiger partial charge is 0.268 e. The second kappa shape index (κ2) is 7.28. The van der Waals surface area contributed by atoms with Gasteiger partial charge in [-0.3, -0.25) is 9.69 Å². The van der Waals surface area contributed by atoms with Gasteiger partial charge in [0.05, 0.1) is 10.6 Å². The van der Waals surface area contributed by atoms with Crippen LogP contribution in [0.25, 0.3) is 6.08 Å². The number of hydrogen-bond acceptors (Lipinski definition) is 3. The fourth-order valence-electron chi connectivity index (χ4n) is 2.33. The lowest BCUT2D eigenvalue weighted by atomic mass is 10.1. The molecule has 1 heterocycles. The highest BCUT2D eigenvalue weighted by Crippen LogP contribution is 2.37. The maximum absolute atomic E-state index is 12.7. The Morgan fingerprint density at radius 2 is 1.88 bits per heavy atom. The molecule has 1 aliphatic rings. The van der Waals surface area contributed by atoms with Crippen molar-refractivity contribution in [3.63, 3.8) is 0 Å². The summed E-state index contributed by atoms with van der Waals surface area (Å²) in [5, 5.41) is 1.06. The van der Waals surface area contributed by atoms with Crippen LogP contribution in [0.5, 0.6) is 0 Å². The van der Waals surface area contributed by atoms with Gasteiger partial charge in [0, 0.05) is 10.0 Å². The Labute approximate surface area is 160 Å². The molecule has 24 heavy (non-hydrogen) atoms. The lowest BCUT2D eigenvalue weighted by Crippen LogP contribution is -2.27. The quantitative estimate of drug-likeness (QED) is 0.473. The Balaban J connectivity index is 1.92. The van der Waals surface area contributed by atoms with Gasteiger partial charge in [-0.15, -0.1) is 0 Å². The van der Waals surface area contributed by atoms with E-state index in [1.165, 1.54) is 17.3 Å². The van der Waals surface area contributed by atoms with E-state index >= 15 is 0 Å². The molecule has 0 saturated carbocycles. The first kappa shape index (κ1) is 17.5. The van der Waals surface area contributed by atoms with Gasteiger partial charge in [-0.1, -0.05) is 72.3 Å². The van der Waals surface area contributed by atoms with Crippen LogP contribution in [0.3, 0.4) is 0 Å². The molecule has 1 saturated heterocycles. The van der Waals surface area contributed by atoms with Gasteiger partial charge in [0.1, 0.15) is 0 Å². The van der Waals surface area contributed by atoms with Gasteiger partial charge in [-0.2, -0.15) is 0 Å². The fourth-order valence-corrected chi connectivity index (χ4v) is 4.08. The number of rotatable bonds is 3. The zero-order chi connectivity index (χ0) is 17.3. The van der Waals surface area contributed by atoms with Crippen LogP contribution in [-0.4, -0.2) is 10.2 Å². The Bertz CT molecular complexity index is 847. The van der Waals surface area contributed by atoms with Gasteiger partial charge in [0.2, 0.25) is 0 Å². The lowest BCUT2D eigenvalue weighted by Gasteiger charge is -2.14. The van der Waals surface area contributed by atoms with E-state index in [1.54, 1.807) is 29.2 Å². The molecule has 122 valence electrons. The van der Waals surface area contributed by atoms with E-state index in [0.29, 0.717) is 19.3 Å². The molecule has 0 aliphatic carbocycles. The van der Waals surface area contributed by atoms with Crippen LogP contribution in [0.4, 0.5) is 5.69 Å². The van der Waals surface area contributed by atoms with Crippen LogP contribution < -0.4 is 4.90 Å². The van der Waals surface area contributed by atoms with Gasteiger partial charge < -0.3 is 0 Å². The average Bonchev–Trinajstić information content (AvgIpc) is 2.84.